The molecule has 1 unspecified atom stereocenters. The van der Waals surface area contributed by atoms with Gasteiger partial charge >= 0.3 is 12.0 Å². The van der Waals surface area contributed by atoms with Crippen molar-refractivity contribution in [1.82, 2.24) is 10.6 Å². The van der Waals surface area contributed by atoms with Gasteiger partial charge in [0.25, 0.3) is 0 Å². The molecule has 94 valence electrons. The van der Waals surface area contributed by atoms with Gasteiger partial charge in [-0.2, -0.15) is 0 Å². The number of amides is 2. The van der Waals surface area contributed by atoms with E-state index in [1.54, 1.807) is 0 Å². The Morgan fingerprint density at radius 1 is 1.19 bits per heavy atom. The molecule has 0 rings (SSSR count). The molecule has 0 spiro atoms. The first-order valence-corrected chi connectivity index (χ1v) is 5.67. The third-order valence-corrected chi connectivity index (χ3v) is 2.58. The molecule has 5 heteroatoms. The van der Waals surface area contributed by atoms with Crippen LogP contribution >= 0.6 is 0 Å². The van der Waals surface area contributed by atoms with Gasteiger partial charge in [-0.05, 0) is 18.3 Å². The molecule has 0 aromatic carbocycles. The Hall–Kier alpha value is -1.26. The molecule has 1 atom stereocenters. The van der Waals surface area contributed by atoms with E-state index in [1.165, 1.54) is 0 Å². The van der Waals surface area contributed by atoms with Crippen molar-refractivity contribution in [1.29, 1.82) is 0 Å². The fourth-order valence-electron chi connectivity index (χ4n) is 0.993. The van der Waals surface area contributed by atoms with E-state index in [0.29, 0.717) is 31.3 Å². The Bertz CT molecular complexity index is 229. The van der Waals surface area contributed by atoms with Crippen molar-refractivity contribution in [3.63, 3.8) is 0 Å². The summed E-state index contributed by atoms with van der Waals surface area (Å²) in [6.07, 6.45) is 0.547. The minimum atomic E-state index is -0.837. The Balaban J connectivity index is 3.48. The molecule has 0 radical (unpaired) electrons. The number of hydrogen-bond donors (Lipinski definition) is 3. The van der Waals surface area contributed by atoms with E-state index in [2.05, 4.69) is 31.4 Å². The fraction of sp³-hybridized carbons (Fsp3) is 0.818. The van der Waals surface area contributed by atoms with Crippen LogP contribution in [0, 0.1) is 11.8 Å². The first-order chi connectivity index (χ1) is 7.43. The summed E-state index contributed by atoms with van der Waals surface area (Å²) in [5.74, 6) is 0.132. The summed E-state index contributed by atoms with van der Waals surface area (Å²) >= 11 is 0. The number of carbonyl (C=O) groups is 2. The number of nitrogens with one attached hydrogen (secondary N) is 2. The second-order valence-corrected chi connectivity index (χ2v) is 4.36. The van der Waals surface area contributed by atoms with Gasteiger partial charge in [-0.3, -0.25) is 4.79 Å². The highest BCUT2D eigenvalue weighted by Gasteiger charge is 2.08. The number of hydrogen-bond acceptors (Lipinski definition) is 2. The lowest BCUT2D eigenvalue weighted by atomic mass is 9.98. The van der Waals surface area contributed by atoms with Gasteiger partial charge in [0, 0.05) is 19.5 Å². The average Bonchev–Trinajstić information content (AvgIpc) is 2.20. The van der Waals surface area contributed by atoms with Gasteiger partial charge in [-0.1, -0.05) is 20.8 Å². The van der Waals surface area contributed by atoms with Crippen LogP contribution in [0.1, 0.15) is 33.6 Å². The smallest absolute Gasteiger partial charge is 0.314 e. The zero-order valence-corrected chi connectivity index (χ0v) is 10.2. The number of carbonyl (C=O) groups excluding carboxylic acids is 1. The van der Waals surface area contributed by atoms with Gasteiger partial charge in [-0.25, -0.2) is 4.79 Å². The van der Waals surface area contributed by atoms with Crippen molar-refractivity contribution in [2.75, 3.05) is 13.1 Å². The fourth-order valence-corrected chi connectivity index (χ4v) is 0.993. The molecule has 0 saturated heterocycles. The molecule has 0 aliphatic rings. The van der Waals surface area contributed by atoms with Crippen molar-refractivity contribution in [3.05, 3.63) is 0 Å². The molecular weight excluding hydrogens is 208 g/mol. The molecule has 0 aromatic heterocycles. The van der Waals surface area contributed by atoms with Gasteiger partial charge in [0.15, 0.2) is 0 Å². The molecule has 0 heterocycles. The van der Waals surface area contributed by atoms with Gasteiger partial charge in [0.1, 0.15) is 0 Å². The second kappa shape index (κ2) is 7.96. The number of aliphatic carboxylic acids is 1. The molecule has 3 N–H and O–H groups in total. The summed E-state index contributed by atoms with van der Waals surface area (Å²) in [4.78, 5) is 21.5. The maximum Gasteiger partial charge on any atom is 0.314 e. The van der Waals surface area contributed by atoms with Crippen LogP contribution in [0.4, 0.5) is 4.79 Å². The van der Waals surface area contributed by atoms with E-state index >= 15 is 0 Å². The van der Waals surface area contributed by atoms with Crippen LogP contribution in [0.2, 0.25) is 0 Å². The predicted octanol–water partition coefficient (Wildman–Crippen LogP) is 1.44. The molecular formula is C11H22N2O3. The molecule has 5 nitrogen and oxygen atoms in total. The van der Waals surface area contributed by atoms with E-state index in [0.717, 1.165) is 0 Å². The summed E-state index contributed by atoms with van der Waals surface area (Å²) in [6.45, 7) is 7.33. The minimum Gasteiger partial charge on any atom is -0.481 e. The highest BCUT2D eigenvalue weighted by Crippen LogP contribution is 2.07. The maximum atomic E-state index is 11.2. The van der Waals surface area contributed by atoms with Crippen molar-refractivity contribution in [3.8, 4) is 0 Å². The van der Waals surface area contributed by atoms with Crippen LogP contribution in [-0.4, -0.2) is 30.2 Å². The van der Waals surface area contributed by atoms with Crippen LogP contribution < -0.4 is 10.6 Å². The Morgan fingerprint density at radius 3 is 2.31 bits per heavy atom. The van der Waals surface area contributed by atoms with Gasteiger partial charge < -0.3 is 15.7 Å². The van der Waals surface area contributed by atoms with Crippen LogP contribution in [-0.2, 0) is 4.79 Å². The number of carboxylic acids is 1. The molecule has 16 heavy (non-hydrogen) atoms. The van der Waals surface area contributed by atoms with E-state index < -0.39 is 5.97 Å². The summed E-state index contributed by atoms with van der Waals surface area (Å²) < 4.78 is 0. The molecule has 0 aliphatic carbocycles. The minimum absolute atomic E-state index is 0.0860. The van der Waals surface area contributed by atoms with Crippen LogP contribution in [0.3, 0.4) is 0 Å². The zero-order chi connectivity index (χ0) is 12.6. The third kappa shape index (κ3) is 8.08. The predicted molar refractivity (Wildman–Crippen MR) is 62.3 cm³/mol. The summed E-state index contributed by atoms with van der Waals surface area (Å²) in [7, 11) is 0. The monoisotopic (exact) mass is 230 g/mol. The first-order valence-electron chi connectivity index (χ1n) is 5.67. The van der Waals surface area contributed by atoms with Gasteiger partial charge in [0.2, 0.25) is 0 Å². The highest BCUT2D eigenvalue weighted by atomic mass is 16.4. The largest absolute Gasteiger partial charge is 0.481 e. The van der Waals surface area contributed by atoms with Crippen molar-refractivity contribution in [2.24, 2.45) is 11.8 Å². The number of carboxylic acid groups (broad SMARTS) is 1. The van der Waals surface area contributed by atoms with E-state index in [-0.39, 0.29) is 12.5 Å². The van der Waals surface area contributed by atoms with Crippen LogP contribution in [0.15, 0.2) is 0 Å². The van der Waals surface area contributed by atoms with Crippen LogP contribution in [0.5, 0.6) is 0 Å². The Labute approximate surface area is 96.6 Å². The molecule has 0 bridgehead atoms. The van der Waals surface area contributed by atoms with Crippen LogP contribution in [0.25, 0.3) is 0 Å². The van der Waals surface area contributed by atoms with Crippen molar-refractivity contribution >= 4 is 12.0 Å². The standard InChI is InChI=1S/C11H22N2O3/c1-8(2)9(3)7-13-11(16)12-6-4-5-10(14)15/h8-9H,4-7H2,1-3H3,(H,14,15)(H2,12,13,16). The molecule has 2 amide bonds. The maximum absolute atomic E-state index is 11.2. The summed E-state index contributed by atoms with van der Waals surface area (Å²) in [5.41, 5.74) is 0. The van der Waals surface area contributed by atoms with Gasteiger partial charge in [-0.15, -0.1) is 0 Å². The lowest BCUT2D eigenvalue weighted by molar-refractivity contribution is -0.137. The molecule has 0 saturated carbocycles. The lowest BCUT2D eigenvalue weighted by Crippen LogP contribution is -2.39. The second-order valence-electron chi connectivity index (χ2n) is 4.36. The molecule has 0 aliphatic heterocycles. The SMILES string of the molecule is CC(C)C(C)CNC(=O)NCCCC(=O)O. The quantitative estimate of drug-likeness (QED) is 0.579. The zero-order valence-electron chi connectivity index (χ0n) is 10.2. The summed E-state index contributed by atoms with van der Waals surface area (Å²) in [5, 5.41) is 13.8. The highest BCUT2D eigenvalue weighted by molar-refractivity contribution is 5.73. The van der Waals surface area contributed by atoms with Crippen molar-refractivity contribution < 1.29 is 14.7 Å². The summed E-state index contributed by atoms with van der Waals surface area (Å²) in [6, 6.07) is -0.224. The van der Waals surface area contributed by atoms with E-state index in [1.807, 2.05) is 0 Å². The average molecular weight is 230 g/mol. The first kappa shape index (κ1) is 14.7. The van der Waals surface area contributed by atoms with Crippen molar-refractivity contribution in [2.45, 2.75) is 33.6 Å². The normalized spacial score (nSPS) is 12.2. The molecule has 0 aromatic rings. The Morgan fingerprint density at radius 2 is 1.81 bits per heavy atom. The lowest BCUT2D eigenvalue weighted by Gasteiger charge is -2.16. The Kier molecular flexibility index (Phi) is 7.33. The van der Waals surface area contributed by atoms with Gasteiger partial charge in [0.05, 0.1) is 0 Å². The molecule has 0 fully saturated rings. The number of rotatable bonds is 7. The topological polar surface area (TPSA) is 78.4 Å². The van der Waals surface area contributed by atoms with E-state index in [4.69, 9.17) is 5.11 Å². The number of urea groups is 1. The third-order valence-electron chi connectivity index (χ3n) is 2.58. The van der Waals surface area contributed by atoms with E-state index in [9.17, 15) is 9.59 Å².